The fraction of sp³-hybridized carbons (Fsp3) is 0.381. The van der Waals surface area contributed by atoms with E-state index in [0.29, 0.717) is 11.3 Å². The van der Waals surface area contributed by atoms with Crippen molar-refractivity contribution in [2.75, 3.05) is 29.9 Å². The highest BCUT2D eigenvalue weighted by Gasteiger charge is 2.25. The smallest absolute Gasteiger partial charge is 0.348 e. The number of ether oxygens (including phenoxy) is 1. The highest BCUT2D eigenvalue weighted by Crippen LogP contribution is 2.35. The maximum Gasteiger partial charge on any atom is 0.348 e. The number of nitro benzene ring substituents is 1. The van der Waals surface area contributed by atoms with Crippen LogP contribution in [0.4, 0.5) is 16.4 Å². The molecule has 1 N–H and O–H groups in total. The number of nitro groups is 1. The number of nitriles is 1. The van der Waals surface area contributed by atoms with Crippen LogP contribution in [0.5, 0.6) is 0 Å². The van der Waals surface area contributed by atoms with Crippen LogP contribution in [0.3, 0.4) is 0 Å². The minimum absolute atomic E-state index is 0.0973. The number of thiophene rings is 1. The summed E-state index contributed by atoms with van der Waals surface area (Å²) >= 11 is 0.947. The molecule has 0 bridgehead atoms. The molecule has 0 saturated carbocycles. The first-order valence-electron chi connectivity index (χ1n) is 9.92. The maximum absolute atomic E-state index is 12.8. The Labute approximate surface area is 183 Å². The SMILES string of the molecule is CCOC(=O)c1sc(NC(=O)c2ccc(N3CCCCC3)c([N+](=O)[O-])c2)c(C#N)c1C. The lowest BCUT2D eigenvalue weighted by molar-refractivity contribution is -0.384. The zero-order chi connectivity index (χ0) is 22.5. The third kappa shape index (κ3) is 4.67. The number of nitrogens with one attached hydrogen (secondary N) is 1. The monoisotopic (exact) mass is 442 g/mol. The van der Waals surface area contributed by atoms with Crippen molar-refractivity contribution < 1.29 is 19.2 Å². The molecule has 1 saturated heterocycles. The number of nitrogens with zero attached hydrogens (tertiary/aromatic N) is 3. The number of hydrogen-bond acceptors (Lipinski definition) is 8. The van der Waals surface area contributed by atoms with Crippen LogP contribution in [0, 0.1) is 28.4 Å². The first-order valence-corrected chi connectivity index (χ1v) is 10.7. The quantitative estimate of drug-likeness (QED) is 0.402. The fourth-order valence-electron chi connectivity index (χ4n) is 3.52. The van der Waals surface area contributed by atoms with Gasteiger partial charge in [0.2, 0.25) is 0 Å². The van der Waals surface area contributed by atoms with Gasteiger partial charge in [0.15, 0.2) is 0 Å². The summed E-state index contributed by atoms with van der Waals surface area (Å²) < 4.78 is 4.99. The van der Waals surface area contributed by atoms with Crippen molar-refractivity contribution in [3.8, 4) is 6.07 Å². The average molecular weight is 442 g/mol. The predicted octanol–water partition coefficient (Wildman–Crippen LogP) is 4.26. The van der Waals surface area contributed by atoms with Crippen molar-refractivity contribution in [3.05, 3.63) is 49.9 Å². The molecule has 0 atom stereocenters. The van der Waals surface area contributed by atoms with Gasteiger partial charge < -0.3 is 15.0 Å². The summed E-state index contributed by atoms with van der Waals surface area (Å²) in [6.45, 7) is 4.95. The Morgan fingerprint density at radius 1 is 1.32 bits per heavy atom. The largest absolute Gasteiger partial charge is 0.462 e. The van der Waals surface area contributed by atoms with Crippen molar-refractivity contribution in [3.63, 3.8) is 0 Å². The third-order valence-electron chi connectivity index (χ3n) is 5.08. The van der Waals surface area contributed by atoms with Crippen LogP contribution in [0.2, 0.25) is 0 Å². The molecule has 0 spiro atoms. The molecule has 2 heterocycles. The van der Waals surface area contributed by atoms with Gasteiger partial charge in [0.05, 0.1) is 17.1 Å². The number of rotatable bonds is 6. The Morgan fingerprint density at radius 3 is 2.65 bits per heavy atom. The lowest BCUT2D eigenvalue weighted by atomic mass is 10.1. The summed E-state index contributed by atoms with van der Waals surface area (Å²) in [7, 11) is 0. The highest BCUT2D eigenvalue weighted by atomic mass is 32.1. The molecule has 1 fully saturated rings. The summed E-state index contributed by atoms with van der Waals surface area (Å²) in [5.74, 6) is -1.16. The van der Waals surface area contributed by atoms with Gasteiger partial charge in [0, 0.05) is 24.7 Å². The zero-order valence-corrected chi connectivity index (χ0v) is 18.1. The third-order valence-corrected chi connectivity index (χ3v) is 6.26. The van der Waals surface area contributed by atoms with E-state index >= 15 is 0 Å². The summed E-state index contributed by atoms with van der Waals surface area (Å²) in [4.78, 5) is 38.2. The Kier molecular flexibility index (Phi) is 6.87. The van der Waals surface area contributed by atoms with E-state index in [1.54, 1.807) is 19.9 Å². The molecule has 9 nitrogen and oxygen atoms in total. The summed E-state index contributed by atoms with van der Waals surface area (Å²) in [6.07, 6.45) is 3.04. The summed E-state index contributed by atoms with van der Waals surface area (Å²) in [5, 5.41) is 23.9. The van der Waals surface area contributed by atoms with E-state index in [4.69, 9.17) is 4.74 Å². The van der Waals surface area contributed by atoms with Gasteiger partial charge in [-0.3, -0.25) is 14.9 Å². The lowest BCUT2D eigenvalue weighted by Crippen LogP contribution is -2.30. The maximum atomic E-state index is 12.8. The predicted molar refractivity (Wildman–Crippen MR) is 117 cm³/mol. The zero-order valence-electron chi connectivity index (χ0n) is 17.3. The van der Waals surface area contributed by atoms with Gasteiger partial charge >= 0.3 is 5.97 Å². The topological polar surface area (TPSA) is 126 Å². The Bertz CT molecular complexity index is 1070. The molecule has 3 rings (SSSR count). The fourth-order valence-corrected chi connectivity index (χ4v) is 4.56. The normalized spacial score (nSPS) is 13.4. The number of piperidine rings is 1. The van der Waals surface area contributed by atoms with Crippen LogP contribution in [0.15, 0.2) is 18.2 Å². The lowest BCUT2D eigenvalue weighted by Gasteiger charge is -2.28. The van der Waals surface area contributed by atoms with Crippen LogP contribution in [-0.4, -0.2) is 36.5 Å². The van der Waals surface area contributed by atoms with Gasteiger partial charge in [-0.25, -0.2) is 4.79 Å². The molecule has 10 heteroatoms. The van der Waals surface area contributed by atoms with Gasteiger partial charge in [-0.15, -0.1) is 11.3 Å². The Hall–Kier alpha value is -3.45. The number of carbonyl (C=O) groups is 2. The number of anilines is 2. The first kappa shape index (κ1) is 22.2. The van der Waals surface area contributed by atoms with Gasteiger partial charge in [-0.05, 0) is 50.8 Å². The minimum atomic E-state index is -0.596. The second-order valence-corrected chi connectivity index (χ2v) is 8.08. The van der Waals surface area contributed by atoms with Gasteiger partial charge in [-0.1, -0.05) is 0 Å². The van der Waals surface area contributed by atoms with Gasteiger partial charge in [0.25, 0.3) is 11.6 Å². The first-order chi connectivity index (χ1) is 14.9. The molecule has 31 heavy (non-hydrogen) atoms. The molecular formula is C21H22N4O5S. The molecule has 162 valence electrons. The van der Waals surface area contributed by atoms with Gasteiger partial charge in [-0.2, -0.15) is 5.26 Å². The van der Waals surface area contributed by atoms with E-state index in [1.807, 2.05) is 11.0 Å². The minimum Gasteiger partial charge on any atom is -0.462 e. The van der Waals surface area contributed by atoms with E-state index in [9.17, 15) is 25.0 Å². The number of carbonyl (C=O) groups excluding carboxylic acids is 2. The Morgan fingerprint density at radius 2 is 2.03 bits per heavy atom. The van der Waals surface area contributed by atoms with Crippen molar-refractivity contribution in [2.45, 2.75) is 33.1 Å². The van der Waals surface area contributed by atoms with Crippen LogP contribution in [-0.2, 0) is 4.74 Å². The molecule has 1 amide bonds. The van der Waals surface area contributed by atoms with E-state index in [-0.39, 0.29) is 33.3 Å². The molecule has 1 aliphatic rings. The van der Waals surface area contributed by atoms with Crippen molar-refractivity contribution in [1.29, 1.82) is 5.26 Å². The van der Waals surface area contributed by atoms with Gasteiger partial charge in [0.1, 0.15) is 21.6 Å². The summed E-state index contributed by atoms with van der Waals surface area (Å²) in [6, 6.07) is 6.36. The number of amides is 1. The highest BCUT2D eigenvalue weighted by molar-refractivity contribution is 7.18. The molecule has 0 aliphatic carbocycles. The van der Waals surface area contributed by atoms with Crippen molar-refractivity contribution in [1.82, 2.24) is 0 Å². The standard InChI is InChI=1S/C21H22N4O5S/c1-3-30-21(27)18-13(2)15(12-22)20(31-18)23-19(26)14-7-8-16(17(11-14)25(28)29)24-9-5-4-6-10-24/h7-8,11H,3-6,9-10H2,1-2H3,(H,23,26). The van der Waals surface area contributed by atoms with Crippen molar-refractivity contribution >= 4 is 39.6 Å². The average Bonchev–Trinajstić information content (AvgIpc) is 3.08. The van der Waals surface area contributed by atoms with E-state index in [2.05, 4.69) is 5.32 Å². The van der Waals surface area contributed by atoms with E-state index in [1.165, 1.54) is 12.1 Å². The van der Waals surface area contributed by atoms with Crippen LogP contribution < -0.4 is 10.2 Å². The molecule has 0 radical (unpaired) electrons. The van der Waals surface area contributed by atoms with E-state index < -0.39 is 16.8 Å². The molecule has 1 aliphatic heterocycles. The molecular weight excluding hydrogens is 420 g/mol. The van der Waals surface area contributed by atoms with E-state index in [0.717, 1.165) is 43.7 Å². The van der Waals surface area contributed by atoms with Crippen molar-refractivity contribution in [2.24, 2.45) is 0 Å². The second kappa shape index (κ2) is 9.57. The number of esters is 1. The second-order valence-electron chi connectivity index (χ2n) is 7.06. The van der Waals surface area contributed by atoms with Crippen LogP contribution in [0.1, 0.15) is 57.3 Å². The number of hydrogen-bond donors (Lipinski definition) is 1. The molecule has 2 aromatic rings. The molecule has 1 aromatic carbocycles. The summed E-state index contributed by atoms with van der Waals surface area (Å²) in [5.41, 5.74) is 1.05. The molecule has 1 aromatic heterocycles. The number of benzene rings is 1. The Balaban J connectivity index is 1.89. The van der Waals surface area contributed by atoms with Crippen LogP contribution >= 0.6 is 11.3 Å². The van der Waals surface area contributed by atoms with Crippen LogP contribution in [0.25, 0.3) is 0 Å². The molecule has 0 unspecified atom stereocenters.